The van der Waals surface area contributed by atoms with Gasteiger partial charge in [0.25, 0.3) is 0 Å². The Kier molecular flexibility index (Phi) is 5.37. The molecule has 0 radical (unpaired) electrons. The Hall–Kier alpha value is -0.690. The second-order valence-corrected chi connectivity index (χ2v) is 6.60. The van der Waals surface area contributed by atoms with Crippen molar-refractivity contribution in [1.82, 2.24) is 5.32 Å². The number of anilines is 1. The number of nitrogens with one attached hydrogen (secondary N) is 2. The molecular weight excluding hydrogens is 370 g/mol. The first-order valence-electron chi connectivity index (χ1n) is 6.98. The van der Waals surface area contributed by atoms with Crippen LogP contribution >= 0.6 is 22.6 Å². The molecule has 1 aliphatic carbocycles. The van der Waals surface area contributed by atoms with Crippen molar-refractivity contribution >= 4 is 34.2 Å². The van der Waals surface area contributed by atoms with Crippen LogP contribution in [0.2, 0.25) is 0 Å². The van der Waals surface area contributed by atoms with Gasteiger partial charge in [-0.1, -0.05) is 19.3 Å². The summed E-state index contributed by atoms with van der Waals surface area (Å²) < 4.78 is 13.8. The molecule has 1 saturated carbocycles. The lowest BCUT2D eigenvalue weighted by molar-refractivity contribution is -0.117. The van der Waals surface area contributed by atoms with Gasteiger partial charge in [-0.25, -0.2) is 4.39 Å². The first-order valence-corrected chi connectivity index (χ1v) is 8.06. The summed E-state index contributed by atoms with van der Waals surface area (Å²) in [5.41, 5.74) is 0.604. The van der Waals surface area contributed by atoms with Gasteiger partial charge in [0, 0.05) is 15.5 Å². The highest BCUT2D eigenvalue weighted by Crippen LogP contribution is 2.31. The topological polar surface area (TPSA) is 41.1 Å². The summed E-state index contributed by atoms with van der Waals surface area (Å²) >= 11 is 2.03. The van der Waals surface area contributed by atoms with Crippen LogP contribution in [-0.2, 0) is 4.79 Å². The van der Waals surface area contributed by atoms with Crippen LogP contribution in [0.1, 0.15) is 38.5 Å². The van der Waals surface area contributed by atoms with E-state index in [0.717, 1.165) is 16.4 Å². The molecule has 20 heavy (non-hydrogen) atoms. The standard InChI is InChI=1S/C15H20FIN2O/c1-18-15(7-3-2-4-8-15)10-14(20)19-13-6-5-11(16)9-12(13)17/h5-6,9,18H,2-4,7-8,10H2,1H3,(H,19,20). The van der Waals surface area contributed by atoms with Crippen molar-refractivity contribution in [3.63, 3.8) is 0 Å². The fourth-order valence-corrected chi connectivity index (χ4v) is 3.45. The van der Waals surface area contributed by atoms with Crippen LogP contribution in [0.4, 0.5) is 10.1 Å². The van der Waals surface area contributed by atoms with Gasteiger partial charge >= 0.3 is 0 Å². The van der Waals surface area contributed by atoms with Crippen molar-refractivity contribution in [2.24, 2.45) is 0 Å². The highest BCUT2D eigenvalue weighted by Gasteiger charge is 2.32. The number of halogens is 2. The van der Waals surface area contributed by atoms with Crippen LogP contribution in [-0.4, -0.2) is 18.5 Å². The number of carbonyl (C=O) groups excluding carboxylic acids is 1. The van der Waals surface area contributed by atoms with Crippen molar-refractivity contribution in [3.8, 4) is 0 Å². The van der Waals surface area contributed by atoms with Crippen LogP contribution in [0.25, 0.3) is 0 Å². The number of carbonyl (C=O) groups is 1. The molecule has 0 heterocycles. The fourth-order valence-electron chi connectivity index (χ4n) is 2.84. The summed E-state index contributed by atoms with van der Waals surface area (Å²) in [6.45, 7) is 0. The molecule has 1 amide bonds. The average Bonchev–Trinajstić information content (AvgIpc) is 2.43. The van der Waals surface area contributed by atoms with E-state index >= 15 is 0 Å². The van der Waals surface area contributed by atoms with Crippen LogP contribution in [0, 0.1) is 9.39 Å². The molecule has 0 aromatic heterocycles. The maximum atomic E-state index is 13.0. The molecule has 1 aliphatic rings. The minimum absolute atomic E-state index is 0.00854. The molecule has 0 aliphatic heterocycles. The number of hydrogen-bond donors (Lipinski definition) is 2. The maximum Gasteiger partial charge on any atom is 0.226 e. The maximum absolute atomic E-state index is 13.0. The molecule has 0 spiro atoms. The fraction of sp³-hybridized carbons (Fsp3) is 0.533. The van der Waals surface area contributed by atoms with Gasteiger partial charge in [0.15, 0.2) is 0 Å². The Morgan fingerprint density at radius 2 is 2.05 bits per heavy atom. The first-order chi connectivity index (χ1) is 9.54. The Labute approximate surface area is 132 Å². The second kappa shape index (κ2) is 6.85. The Bertz CT molecular complexity index is 487. The van der Waals surface area contributed by atoms with E-state index in [2.05, 4.69) is 10.6 Å². The average molecular weight is 390 g/mol. The van der Waals surface area contributed by atoms with E-state index in [-0.39, 0.29) is 17.3 Å². The normalized spacial score (nSPS) is 17.8. The molecule has 3 nitrogen and oxygen atoms in total. The summed E-state index contributed by atoms with van der Waals surface area (Å²) in [7, 11) is 1.93. The predicted octanol–water partition coefficient (Wildman–Crippen LogP) is 3.68. The minimum atomic E-state index is -0.286. The highest BCUT2D eigenvalue weighted by atomic mass is 127. The lowest BCUT2D eigenvalue weighted by Crippen LogP contribution is -2.47. The van der Waals surface area contributed by atoms with Crippen LogP contribution in [0.3, 0.4) is 0 Å². The lowest BCUT2D eigenvalue weighted by Gasteiger charge is -2.36. The molecule has 2 N–H and O–H groups in total. The van der Waals surface area contributed by atoms with Gasteiger partial charge in [-0.05, 0) is 60.7 Å². The van der Waals surface area contributed by atoms with Gasteiger partial charge in [-0.3, -0.25) is 4.79 Å². The molecule has 0 bridgehead atoms. The lowest BCUT2D eigenvalue weighted by atomic mass is 9.79. The van der Waals surface area contributed by atoms with E-state index in [4.69, 9.17) is 0 Å². The van der Waals surface area contributed by atoms with Gasteiger partial charge < -0.3 is 10.6 Å². The Morgan fingerprint density at radius 1 is 1.35 bits per heavy atom. The monoisotopic (exact) mass is 390 g/mol. The van der Waals surface area contributed by atoms with Gasteiger partial charge in [-0.2, -0.15) is 0 Å². The van der Waals surface area contributed by atoms with E-state index < -0.39 is 0 Å². The molecule has 1 aromatic carbocycles. The van der Waals surface area contributed by atoms with Crippen LogP contribution in [0.5, 0.6) is 0 Å². The zero-order valence-electron chi connectivity index (χ0n) is 11.6. The van der Waals surface area contributed by atoms with Gasteiger partial charge in [0.05, 0.1) is 5.69 Å². The van der Waals surface area contributed by atoms with E-state index in [0.29, 0.717) is 12.1 Å². The first kappa shape index (κ1) is 15.7. The summed E-state index contributed by atoms with van der Waals surface area (Å²) in [5.74, 6) is -0.294. The van der Waals surface area contributed by atoms with E-state index in [1.165, 1.54) is 31.4 Å². The van der Waals surface area contributed by atoms with E-state index in [9.17, 15) is 9.18 Å². The number of hydrogen-bond acceptors (Lipinski definition) is 2. The van der Waals surface area contributed by atoms with Crippen molar-refractivity contribution in [2.45, 2.75) is 44.1 Å². The van der Waals surface area contributed by atoms with Gasteiger partial charge in [-0.15, -0.1) is 0 Å². The number of benzene rings is 1. The third kappa shape index (κ3) is 3.91. The quantitative estimate of drug-likeness (QED) is 0.771. The van der Waals surface area contributed by atoms with Crippen molar-refractivity contribution < 1.29 is 9.18 Å². The molecule has 0 atom stereocenters. The summed E-state index contributed by atoms with van der Waals surface area (Å²) in [6, 6.07) is 4.40. The Balaban J connectivity index is 2.00. The zero-order chi connectivity index (χ0) is 14.6. The van der Waals surface area contributed by atoms with Crippen LogP contribution < -0.4 is 10.6 Å². The number of rotatable bonds is 4. The molecule has 1 fully saturated rings. The summed E-state index contributed by atoms with van der Waals surface area (Å²) in [5, 5.41) is 6.23. The molecular formula is C15H20FIN2O. The largest absolute Gasteiger partial charge is 0.325 e. The van der Waals surface area contributed by atoms with Gasteiger partial charge in [0.2, 0.25) is 5.91 Å². The summed E-state index contributed by atoms with van der Waals surface area (Å²) in [4.78, 5) is 12.2. The SMILES string of the molecule is CNC1(CC(=O)Nc2ccc(F)cc2I)CCCCC1. The molecule has 110 valence electrons. The Morgan fingerprint density at radius 3 is 2.65 bits per heavy atom. The molecule has 5 heteroatoms. The minimum Gasteiger partial charge on any atom is -0.325 e. The van der Waals surface area contributed by atoms with E-state index in [1.807, 2.05) is 29.6 Å². The van der Waals surface area contributed by atoms with Crippen LogP contribution in [0.15, 0.2) is 18.2 Å². The highest BCUT2D eigenvalue weighted by molar-refractivity contribution is 14.1. The second-order valence-electron chi connectivity index (χ2n) is 5.44. The van der Waals surface area contributed by atoms with E-state index in [1.54, 1.807) is 6.07 Å². The third-order valence-corrected chi connectivity index (χ3v) is 4.94. The predicted molar refractivity (Wildman–Crippen MR) is 87.2 cm³/mol. The smallest absolute Gasteiger partial charge is 0.226 e. The van der Waals surface area contributed by atoms with Gasteiger partial charge in [0.1, 0.15) is 5.82 Å². The van der Waals surface area contributed by atoms with Crippen molar-refractivity contribution in [1.29, 1.82) is 0 Å². The number of amides is 1. The zero-order valence-corrected chi connectivity index (χ0v) is 13.8. The van der Waals surface area contributed by atoms with Crippen molar-refractivity contribution in [2.75, 3.05) is 12.4 Å². The summed E-state index contributed by atoms with van der Waals surface area (Å²) in [6.07, 6.45) is 6.14. The molecule has 2 rings (SSSR count). The van der Waals surface area contributed by atoms with Crippen molar-refractivity contribution in [3.05, 3.63) is 27.6 Å². The third-order valence-electron chi connectivity index (χ3n) is 4.05. The molecule has 0 unspecified atom stereocenters. The molecule has 1 aromatic rings. The molecule has 0 saturated heterocycles.